The van der Waals surface area contributed by atoms with Crippen molar-refractivity contribution in [1.82, 2.24) is 0 Å². The fourth-order valence-electron chi connectivity index (χ4n) is 0.0833. The van der Waals surface area contributed by atoms with Gasteiger partial charge in [0.25, 0.3) is 0 Å². The third kappa shape index (κ3) is 16.1. The van der Waals surface area contributed by atoms with E-state index in [0.717, 1.165) is 0 Å². The molecule has 4 heteroatoms. The van der Waals surface area contributed by atoms with E-state index in [1.165, 1.54) is 14.2 Å². The summed E-state index contributed by atoms with van der Waals surface area (Å²) in [6, 6.07) is 0. The first kappa shape index (κ1) is 13.8. The van der Waals surface area contributed by atoms with Gasteiger partial charge in [0.2, 0.25) is 0 Å². The maximum atomic E-state index is 9.74. The van der Waals surface area contributed by atoms with Gasteiger partial charge in [0.15, 0.2) is 0 Å². The van der Waals surface area contributed by atoms with Gasteiger partial charge in [-0.15, -0.1) is 0 Å². The van der Waals surface area contributed by atoms with Gasteiger partial charge >= 0.3 is 6.16 Å². The number of methoxy groups -OCH3 is 3. The fourth-order valence-corrected chi connectivity index (χ4v) is 0.0833. The maximum absolute atomic E-state index is 9.74. The second-order valence-electron chi connectivity index (χ2n) is 2.97. The van der Waals surface area contributed by atoms with Crippen molar-refractivity contribution in [3.63, 3.8) is 0 Å². The molecule has 4 nitrogen and oxygen atoms in total. The second kappa shape index (κ2) is 6.91. The van der Waals surface area contributed by atoms with E-state index >= 15 is 0 Å². The number of hydrogen-bond donors (Lipinski definition) is 0. The van der Waals surface area contributed by atoms with Gasteiger partial charge in [-0.1, -0.05) is 0 Å². The molecule has 0 rings (SSSR count). The first-order valence-corrected chi connectivity index (χ1v) is 3.54. The summed E-state index contributed by atoms with van der Waals surface area (Å²) in [4.78, 5) is 9.74. The zero-order valence-corrected chi connectivity index (χ0v) is 8.63. The van der Waals surface area contributed by atoms with Crippen LogP contribution in [0.25, 0.3) is 0 Å². The number of ether oxygens (including phenoxy) is 3. The van der Waals surface area contributed by atoms with E-state index in [4.69, 9.17) is 4.74 Å². The van der Waals surface area contributed by atoms with Crippen molar-refractivity contribution in [2.24, 2.45) is 0 Å². The molecule has 0 fully saturated rings. The van der Waals surface area contributed by atoms with Crippen LogP contribution in [-0.4, -0.2) is 33.1 Å². The van der Waals surface area contributed by atoms with Gasteiger partial charge in [0.1, 0.15) is 0 Å². The SMILES string of the molecule is COC(=O)OC.COC(C)(C)C. The zero-order valence-electron chi connectivity index (χ0n) is 8.63. The summed E-state index contributed by atoms with van der Waals surface area (Å²) < 4.78 is 13.0. The monoisotopic (exact) mass is 178 g/mol. The van der Waals surface area contributed by atoms with Gasteiger partial charge < -0.3 is 14.2 Å². The van der Waals surface area contributed by atoms with Gasteiger partial charge in [0.05, 0.1) is 19.8 Å². The summed E-state index contributed by atoms with van der Waals surface area (Å²) in [5.74, 6) is 0. The van der Waals surface area contributed by atoms with Crippen molar-refractivity contribution < 1.29 is 19.0 Å². The summed E-state index contributed by atoms with van der Waals surface area (Å²) in [5, 5.41) is 0. The largest absolute Gasteiger partial charge is 0.507 e. The van der Waals surface area contributed by atoms with Gasteiger partial charge in [-0.05, 0) is 20.8 Å². The molecule has 0 heterocycles. The van der Waals surface area contributed by atoms with Crippen molar-refractivity contribution in [3.8, 4) is 0 Å². The van der Waals surface area contributed by atoms with Crippen molar-refractivity contribution in [1.29, 1.82) is 0 Å². The Labute approximate surface area is 73.8 Å². The molecule has 0 bridgehead atoms. The van der Waals surface area contributed by atoms with Crippen molar-refractivity contribution in [2.75, 3.05) is 21.3 Å². The van der Waals surface area contributed by atoms with Gasteiger partial charge in [-0.2, -0.15) is 0 Å². The van der Waals surface area contributed by atoms with E-state index in [9.17, 15) is 4.79 Å². The Morgan fingerprint density at radius 2 is 1.25 bits per heavy atom. The molecule has 0 amide bonds. The molecule has 12 heavy (non-hydrogen) atoms. The Kier molecular flexibility index (Phi) is 7.94. The zero-order chi connectivity index (χ0) is 10.2. The number of carbonyl (C=O) groups excluding carboxylic acids is 1. The van der Waals surface area contributed by atoms with Crippen LogP contribution in [0.4, 0.5) is 4.79 Å². The molecule has 0 aromatic carbocycles. The Hall–Kier alpha value is -0.770. The molecule has 0 saturated carbocycles. The predicted molar refractivity (Wildman–Crippen MR) is 46.2 cm³/mol. The van der Waals surface area contributed by atoms with Crippen LogP contribution in [0, 0.1) is 0 Å². The van der Waals surface area contributed by atoms with Crippen LogP contribution in [0.2, 0.25) is 0 Å². The molecule has 0 aliphatic rings. The molecule has 0 N–H and O–H groups in total. The Morgan fingerprint density at radius 1 is 1.00 bits per heavy atom. The standard InChI is InChI=1S/C5H12O.C3H6O3/c1-5(2,3)6-4;1-5-3(4)6-2/h1-4H3;1-2H3. The minimum Gasteiger partial charge on any atom is -0.438 e. The molecule has 0 aromatic rings. The van der Waals surface area contributed by atoms with Gasteiger partial charge in [-0.3, -0.25) is 0 Å². The van der Waals surface area contributed by atoms with Crippen LogP contribution < -0.4 is 0 Å². The fraction of sp³-hybridized carbons (Fsp3) is 0.875. The quantitative estimate of drug-likeness (QED) is 0.531. The molecule has 0 radical (unpaired) electrons. The van der Waals surface area contributed by atoms with E-state index in [1.807, 2.05) is 20.8 Å². The van der Waals surface area contributed by atoms with Crippen molar-refractivity contribution in [3.05, 3.63) is 0 Å². The lowest BCUT2D eigenvalue weighted by atomic mass is 10.2. The van der Waals surface area contributed by atoms with Crippen LogP contribution in [0.5, 0.6) is 0 Å². The number of carbonyl (C=O) groups is 1. The Balaban J connectivity index is 0. The average molecular weight is 178 g/mol. The van der Waals surface area contributed by atoms with Gasteiger partial charge in [-0.25, -0.2) is 4.79 Å². The summed E-state index contributed by atoms with van der Waals surface area (Å²) in [5.41, 5.74) is 0.0417. The number of rotatable bonds is 0. The van der Waals surface area contributed by atoms with Crippen LogP contribution in [0.15, 0.2) is 0 Å². The molecule has 0 aliphatic carbocycles. The normalized spacial score (nSPS) is 9.50. The highest BCUT2D eigenvalue weighted by molar-refractivity contribution is 5.59. The molecule has 0 spiro atoms. The van der Waals surface area contributed by atoms with Crippen LogP contribution in [-0.2, 0) is 14.2 Å². The molecule has 0 aliphatic heterocycles. The summed E-state index contributed by atoms with van der Waals surface area (Å²) >= 11 is 0. The van der Waals surface area contributed by atoms with Crippen LogP contribution in [0.3, 0.4) is 0 Å². The van der Waals surface area contributed by atoms with E-state index in [0.29, 0.717) is 0 Å². The van der Waals surface area contributed by atoms with Crippen LogP contribution in [0.1, 0.15) is 20.8 Å². The lowest BCUT2D eigenvalue weighted by molar-refractivity contribution is 0.0397. The van der Waals surface area contributed by atoms with E-state index in [2.05, 4.69) is 9.47 Å². The lowest BCUT2D eigenvalue weighted by Gasteiger charge is -2.14. The minimum absolute atomic E-state index is 0.0417. The molecule has 0 aromatic heterocycles. The van der Waals surface area contributed by atoms with Crippen LogP contribution >= 0.6 is 0 Å². The van der Waals surface area contributed by atoms with E-state index in [-0.39, 0.29) is 5.60 Å². The van der Waals surface area contributed by atoms with Crippen molar-refractivity contribution in [2.45, 2.75) is 26.4 Å². The smallest absolute Gasteiger partial charge is 0.438 e. The molecular formula is C8H18O4. The van der Waals surface area contributed by atoms with E-state index < -0.39 is 6.16 Å². The first-order valence-electron chi connectivity index (χ1n) is 3.54. The highest BCUT2D eigenvalue weighted by Gasteiger charge is 2.03. The highest BCUT2D eigenvalue weighted by Crippen LogP contribution is 2.02. The highest BCUT2D eigenvalue weighted by atomic mass is 16.7. The molecule has 74 valence electrons. The van der Waals surface area contributed by atoms with E-state index in [1.54, 1.807) is 7.11 Å². The number of hydrogen-bond acceptors (Lipinski definition) is 4. The topological polar surface area (TPSA) is 44.8 Å². The summed E-state index contributed by atoms with van der Waals surface area (Å²) in [7, 11) is 4.22. The third-order valence-electron chi connectivity index (χ3n) is 0.946. The Bertz CT molecular complexity index is 109. The molecular weight excluding hydrogens is 160 g/mol. The predicted octanol–water partition coefficient (Wildman–Crippen LogP) is 1.83. The Morgan fingerprint density at radius 3 is 1.25 bits per heavy atom. The third-order valence-corrected chi connectivity index (χ3v) is 0.946. The maximum Gasteiger partial charge on any atom is 0.507 e. The molecule has 0 unspecified atom stereocenters. The summed E-state index contributed by atoms with van der Waals surface area (Å²) in [6.07, 6.45) is -0.657. The summed E-state index contributed by atoms with van der Waals surface area (Å²) in [6.45, 7) is 6.06. The van der Waals surface area contributed by atoms with Gasteiger partial charge in [0, 0.05) is 7.11 Å². The first-order chi connectivity index (χ1) is 5.37. The average Bonchev–Trinajstić information content (AvgIpc) is 2.03. The lowest BCUT2D eigenvalue weighted by Crippen LogP contribution is -2.15. The molecule has 0 saturated heterocycles. The minimum atomic E-state index is -0.657. The molecule has 0 atom stereocenters. The van der Waals surface area contributed by atoms with Crippen molar-refractivity contribution >= 4 is 6.16 Å². The second-order valence-corrected chi connectivity index (χ2v) is 2.97.